The van der Waals surface area contributed by atoms with Crippen LogP contribution in [0.3, 0.4) is 0 Å². The quantitative estimate of drug-likeness (QED) is 0.782. The van der Waals surface area contributed by atoms with Crippen LogP contribution in [0.15, 0.2) is 24.3 Å². The molecule has 1 aromatic carbocycles. The van der Waals surface area contributed by atoms with Gasteiger partial charge in [-0.15, -0.1) is 0 Å². The molecular formula is C12H14ClN3O. The van der Waals surface area contributed by atoms with Crippen LogP contribution in [0.5, 0.6) is 0 Å². The second-order valence-electron chi connectivity index (χ2n) is 3.59. The average molecular weight is 252 g/mol. The highest BCUT2D eigenvalue weighted by Gasteiger charge is 2.06. The highest BCUT2D eigenvalue weighted by Crippen LogP contribution is 2.15. The molecule has 0 spiro atoms. The van der Waals surface area contributed by atoms with Gasteiger partial charge >= 0.3 is 0 Å². The first-order chi connectivity index (χ1) is 8.13. The van der Waals surface area contributed by atoms with Crippen LogP contribution in [-0.4, -0.2) is 19.0 Å². The van der Waals surface area contributed by atoms with E-state index in [0.29, 0.717) is 5.02 Å². The smallest absolute Gasteiger partial charge is 0.234 e. The van der Waals surface area contributed by atoms with Crippen LogP contribution >= 0.6 is 11.6 Å². The van der Waals surface area contributed by atoms with Crippen molar-refractivity contribution in [2.45, 2.75) is 13.0 Å². The molecule has 0 aliphatic rings. The number of carbonyl (C=O) groups excluding carboxylic acids is 1. The molecule has 0 radical (unpaired) electrons. The van der Waals surface area contributed by atoms with Crippen molar-refractivity contribution in [1.29, 1.82) is 5.26 Å². The fraction of sp³-hybridized carbons (Fsp3) is 0.333. The minimum atomic E-state index is -0.188. The van der Waals surface area contributed by atoms with Gasteiger partial charge in [-0.25, -0.2) is 0 Å². The molecule has 90 valence electrons. The second kappa shape index (κ2) is 6.89. The van der Waals surface area contributed by atoms with E-state index in [9.17, 15) is 4.79 Å². The number of hydrogen-bond acceptors (Lipinski definition) is 3. The van der Waals surface area contributed by atoms with Crippen LogP contribution in [0.2, 0.25) is 5.02 Å². The van der Waals surface area contributed by atoms with Crippen LogP contribution in [0.4, 0.5) is 0 Å². The number of nitrogens with zero attached hydrogens (tertiary/aromatic N) is 1. The molecule has 1 amide bonds. The van der Waals surface area contributed by atoms with Crippen molar-refractivity contribution in [2.75, 3.05) is 13.1 Å². The number of rotatable bonds is 5. The Morgan fingerprint density at radius 1 is 1.47 bits per heavy atom. The third-order valence-corrected chi connectivity index (χ3v) is 2.56. The van der Waals surface area contributed by atoms with Gasteiger partial charge in [0.15, 0.2) is 0 Å². The topological polar surface area (TPSA) is 64.9 Å². The molecule has 0 bridgehead atoms. The molecule has 0 saturated carbocycles. The maximum absolute atomic E-state index is 11.2. The summed E-state index contributed by atoms with van der Waals surface area (Å²) in [5.41, 5.74) is 1.06. The highest BCUT2D eigenvalue weighted by molar-refractivity contribution is 6.30. The van der Waals surface area contributed by atoms with Crippen LogP contribution in [0.1, 0.15) is 18.5 Å². The molecule has 1 atom stereocenters. The molecule has 1 rings (SSSR count). The van der Waals surface area contributed by atoms with Gasteiger partial charge in [-0.2, -0.15) is 5.26 Å². The van der Waals surface area contributed by atoms with Crippen molar-refractivity contribution in [3.05, 3.63) is 34.9 Å². The van der Waals surface area contributed by atoms with Gasteiger partial charge in [0.05, 0.1) is 12.6 Å². The Morgan fingerprint density at radius 3 is 2.71 bits per heavy atom. The summed E-state index contributed by atoms with van der Waals surface area (Å²) in [7, 11) is 0. The minimum Gasteiger partial charge on any atom is -0.342 e. The summed E-state index contributed by atoms with van der Waals surface area (Å²) in [6, 6.07) is 9.35. The molecule has 17 heavy (non-hydrogen) atoms. The molecule has 0 fully saturated rings. The van der Waals surface area contributed by atoms with E-state index in [0.717, 1.165) is 5.56 Å². The number of benzene rings is 1. The molecule has 0 aromatic heterocycles. The lowest BCUT2D eigenvalue weighted by Crippen LogP contribution is -2.35. The Balaban J connectivity index is 2.39. The molecule has 1 aromatic rings. The number of nitriles is 1. The van der Waals surface area contributed by atoms with Gasteiger partial charge < -0.3 is 10.6 Å². The van der Waals surface area contributed by atoms with Crippen LogP contribution in [0.25, 0.3) is 0 Å². The Labute approximate surface area is 106 Å². The third-order valence-electron chi connectivity index (χ3n) is 2.30. The van der Waals surface area contributed by atoms with Gasteiger partial charge in [-0.05, 0) is 24.6 Å². The average Bonchev–Trinajstić information content (AvgIpc) is 2.34. The third kappa shape index (κ3) is 4.85. The summed E-state index contributed by atoms with van der Waals surface area (Å²) < 4.78 is 0. The molecule has 0 heterocycles. The Morgan fingerprint density at radius 2 is 2.12 bits per heavy atom. The van der Waals surface area contributed by atoms with Gasteiger partial charge in [0, 0.05) is 11.1 Å². The maximum Gasteiger partial charge on any atom is 0.234 e. The van der Waals surface area contributed by atoms with Crippen molar-refractivity contribution in [3.63, 3.8) is 0 Å². The van der Waals surface area contributed by atoms with Gasteiger partial charge in [0.1, 0.15) is 6.54 Å². The summed E-state index contributed by atoms with van der Waals surface area (Å²) in [5.74, 6) is -0.188. The van der Waals surface area contributed by atoms with Gasteiger partial charge in [-0.1, -0.05) is 23.7 Å². The van der Waals surface area contributed by atoms with Gasteiger partial charge in [-0.3, -0.25) is 4.79 Å². The van der Waals surface area contributed by atoms with E-state index < -0.39 is 0 Å². The summed E-state index contributed by atoms with van der Waals surface area (Å²) in [6.07, 6.45) is 0. The van der Waals surface area contributed by atoms with E-state index in [-0.39, 0.29) is 25.0 Å². The maximum atomic E-state index is 11.2. The zero-order valence-electron chi connectivity index (χ0n) is 9.53. The van der Waals surface area contributed by atoms with Crippen LogP contribution in [-0.2, 0) is 4.79 Å². The molecule has 5 heteroatoms. The monoisotopic (exact) mass is 251 g/mol. The molecule has 0 saturated heterocycles. The molecule has 0 aliphatic heterocycles. The van der Waals surface area contributed by atoms with Crippen molar-refractivity contribution in [1.82, 2.24) is 10.6 Å². The molecule has 0 aliphatic carbocycles. The van der Waals surface area contributed by atoms with E-state index in [1.165, 1.54) is 0 Å². The van der Waals surface area contributed by atoms with E-state index in [4.69, 9.17) is 16.9 Å². The minimum absolute atomic E-state index is 0.0375. The first-order valence-electron chi connectivity index (χ1n) is 5.26. The molecule has 4 nitrogen and oxygen atoms in total. The Hall–Kier alpha value is -1.57. The molecule has 0 unspecified atom stereocenters. The first-order valence-corrected chi connectivity index (χ1v) is 5.63. The van der Waals surface area contributed by atoms with Crippen molar-refractivity contribution >= 4 is 17.5 Å². The number of nitrogens with one attached hydrogen (secondary N) is 2. The summed E-state index contributed by atoms with van der Waals surface area (Å²) in [6.45, 7) is 2.18. The zero-order chi connectivity index (χ0) is 12.7. The van der Waals surface area contributed by atoms with Gasteiger partial charge in [0.25, 0.3) is 0 Å². The summed E-state index contributed by atoms with van der Waals surface area (Å²) >= 11 is 5.79. The number of halogens is 1. The van der Waals surface area contributed by atoms with Crippen molar-refractivity contribution in [2.24, 2.45) is 0 Å². The fourth-order valence-corrected chi connectivity index (χ4v) is 1.44. The van der Waals surface area contributed by atoms with Crippen molar-refractivity contribution in [3.8, 4) is 6.07 Å². The largest absolute Gasteiger partial charge is 0.342 e. The normalized spacial score (nSPS) is 11.6. The Bertz CT molecular complexity index is 411. The molecule has 2 N–H and O–H groups in total. The van der Waals surface area contributed by atoms with Crippen LogP contribution in [0, 0.1) is 11.3 Å². The highest BCUT2D eigenvalue weighted by atomic mass is 35.5. The second-order valence-corrected chi connectivity index (χ2v) is 4.03. The number of carbonyl (C=O) groups is 1. The lowest BCUT2D eigenvalue weighted by atomic mass is 10.1. The lowest BCUT2D eigenvalue weighted by Gasteiger charge is -2.13. The van der Waals surface area contributed by atoms with Crippen molar-refractivity contribution < 1.29 is 4.79 Å². The molecular weight excluding hydrogens is 238 g/mol. The fourth-order valence-electron chi connectivity index (χ4n) is 1.32. The summed E-state index contributed by atoms with van der Waals surface area (Å²) in [4.78, 5) is 11.2. The lowest BCUT2D eigenvalue weighted by molar-refractivity contribution is -0.120. The summed E-state index contributed by atoms with van der Waals surface area (Å²) in [5, 5.41) is 14.5. The van der Waals surface area contributed by atoms with Gasteiger partial charge in [0.2, 0.25) is 5.91 Å². The first kappa shape index (κ1) is 13.5. The number of amides is 1. The number of hydrogen-bond donors (Lipinski definition) is 2. The predicted molar refractivity (Wildman–Crippen MR) is 66.5 cm³/mol. The van der Waals surface area contributed by atoms with E-state index in [1.54, 1.807) is 0 Å². The Kier molecular flexibility index (Phi) is 5.47. The standard InChI is InChI=1S/C12H14ClN3O/c1-9(10-2-4-11(13)5-3-10)16-8-12(17)15-7-6-14/h2-5,9,16H,7-8H2,1H3,(H,15,17)/t9-/m0/s1. The SMILES string of the molecule is C[C@H](NCC(=O)NCC#N)c1ccc(Cl)cc1. The van der Waals surface area contributed by atoms with E-state index in [1.807, 2.05) is 37.3 Å². The predicted octanol–water partition coefficient (Wildman–Crippen LogP) is 1.63. The van der Waals surface area contributed by atoms with E-state index >= 15 is 0 Å². The van der Waals surface area contributed by atoms with Crippen LogP contribution < -0.4 is 10.6 Å². The van der Waals surface area contributed by atoms with E-state index in [2.05, 4.69) is 10.6 Å². The zero-order valence-corrected chi connectivity index (χ0v) is 10.3.